The molecule has 0 aliphatic carbocycles. The Bertz CT molecular complexity index is 1380. The van der Waals surface area contributed by atoms with Crippen LogP contribution in [0, 0.1) is 5.82 Å². The van der Waals surface area contributed by atoms with Gasteiger partial charge in [-0.15, -0.1) is 11.3 Å². The van der Waals surface area contributed by atoms with Crippen molar-refractivity contribution in [3.63, 3.8) is 0 Å². The number of aliphatic hydroxyl groups excluding tert-OH is 1. The lowest BCUT2D eigenvalue weighted by molar-refractivity contribution is -0.157. The van der Waals surface area contributed by atoms with Crippen LogP contribution in [0.1, 0.15) is 12.6 Å². The van der Waals surface area contributed by atoms with Crippen molar-refractivity contribution in [1.82, 2.24) is 19.3 Å². The van der Waals surface area contributed by atoms with E-state index in [1.54, 1.807) is 17.0 Å². The quantitative estimate of drug-likeness (QED) is 0.390. The van der Waals surface area contributed by atoms with Crippen LogP contribution in [-0.4, -0.2) is 74.9 Å². The second kappa shape index (κ2) is 9.84. The maximum absolute atomic E-state index is 13.3. The number of carbonyl (C=O) groups is 1. The number of pyridine rings is 1. The average molecular weight is 511 g/mol. The normalized spacial score (nSPS) is 15.4. The number of aryl methyl sites for hydroxylation is 1. The minimum absolute atomic E-state index is 0.278. The zero-order valence-electron chi connectivity index (χ0n) is 20.0. The number of aliphatic carboxylic acids is 1. The van der Waals surface area contributed by atoms with Crippen molar-refractivity contribution in [2.75, 3.05) is 43.0 Å². The lowest BCUT2D eigenvalue weighted by Crippen LogP contribution is -2.52. The summed E-state index contributed by atoms with van der Waals surface area (Å²) in [6, 6.07) is 10.3. The van der Waals surface area contributed by atoms with Crippen molar-refractivity contribution in [2.45, 2.75) is 19.6 Å². The molecule has 0 spiro atoms. The molecule has 3 aromatic heterocycles. The van der Waals surface area contributed by atoms with Crippen LogP contribution in [-0.2, 0) is 11.2 Å². The molecular formula is C25H27FN6O3S. The fraction of sp³-hybridized carbons (Fsp3) is 0.320. The number of rotatable bonds is 7. The summed E-state index contributed by atoms with van der Waals surface area (Å²) in [6.45, 7) is 4.17. The van der Waals surface area contributed by atoms with Crippen LogP contribution in [0.5, 0.6) is 0 Å². The van der Waals surface area contributed by atoms with E-state index >= 15 is 0 Å². The Kier molecular flexibility index (Phi) is 6.61. The highest BCUT2D eigenvalue weighted by molar-refractivity contribution is 7.14. The van der Waals surface area contributed by atoms with Crippen molar-refractivity contribution >= 4 is 39.6 Å². The Morgan fingerprint density at radius 3 is 2.53 bits per heavy atom. The number of piperazine rings is 1. The molecule has 9 nitrogen and oxygen atoms in total. The number of halogens is 1. The predicted octanol–water partition coefficient (Wildman–Crippen LogP) is 3.45. The maximum atomic E-state index is 13.3. The summed E-state index contributed by atoms with van der Waals surface area (Å²) in [4.78, 5) is 26.5. The van der Waals surface area contributed by atoms with Gasteiger partial charge in [-0.2, -0.15) is 0 Å². The third-order valence-corrected chi connectivity index (χ3v) is 7.38. The van der Waals surface area contributed by atoms with Crippen molar-refractivity contribution in [2.24, 2.45) is 0 Å². The third-order valence-electron chi connectivity index (χ3n) is 6.46. The Morgan fingerprint density at radius 1 is 1.14 bits per heavy atom. The molecule has 0 amide bonds. The van der Waals surface area contributed by atoms with Crippen molar-refractivity contribution in [3.8, 4) is 11.3 Å². The van der Waals surface area contributed by atoms with Crippen LogP contribution in [0.25, 0.3) is 16.9 Å². The van der Waals surface area contributed by atoms with Crippen molar-refractivity contribution < 1.29 is 19.4 Å². The molecule has 188 valence electrons. The maximum Gasteiger partial charge on any atom is 0.348 e. The van der Waals surface area contributed by atoms with E-state index in [4.69, 9.17) is 15.1 Å². The largest absolute Gasteiger partial charge is 0.478 e. The smallest absolute Gasteiger partial charge is 0.348 e. The van der Waals surface area contributed by atoms with Gasteiger partial charge in [0.05, 0.1) is 17.1 Å². The van der Waals surface area contributed by atoms with E-state index in [1.165, 1.54) is 23.5 Å². The summed E-state index contributed by atoms with van der Waals surface area (Å²) < 4.78 is 15.4. The minimum Gasteiger partial charge on any atom is -0.478 e. The predicted molar refractivity (Wildman–Crippen MR) is 138 cm³/mol. The van der Waals surface area contributed by atoms with Crippen LogP contribution in [0.4, 0.5) is 21.0 Å². The Balaban J connectivity index is 1.43. The summed E-state index contributed by atoms with van der Waals surface area (Å²) in [5.41, 5.74) is 4.41. The summed E-state index contributed by atoms with van der Waals surface area (Å²) >= 11 is 1.51. The molecular weight excluding hydrogens is 483 g/mol. The second-order valence-corrected chi connectivity index (χ2v) is 9.50. The number of fused-ring (bicyclic) bond motifs is 1. The highest BCUT2D eigenvalue weighted by atomic mass is 32.1. The monoisotopic (exact) mass is 510 g/mol. The molecule has 4 aromatic rings. The van der Waals surface area contributed by atoms with Gasteiger partial charge in [0.15, 0.2) is 5.13 Å². The van der Waals surface area contributed by atoms with Gasteiger partial charge in [-0.1, -0.05) is 6.92 Å². The van der Waals surface area contributed by atoms with E-state index in [2.05, 4.69) is 16.2 Å². The van der Waals surface area contributed by atoms with E-state index in [0.717, 1.165) is 45.7 Å². The van der Waals surface area contributed by atoms with Crippen LogP contribution >= 0.6 is 11.3 Å². The number of imidazole rings is 1. The fourth-order valence-electron chi connectivity index (χ4n) is 4.49. The number of aromatic nitrogens is 3. The molecule has 0 saturated carbocycles. The van der Waals surface area contributed by atoms with Gasteiger partial charge in [0.2, 0.25) is 6.23 Å². The van der Waals surface area contributed by atoms with Gasteiger partial charge in [-0.3, -0.25) is 9.30 Å². The Hall–Kier alpha value is -3.54. The molecule has 0 bridgehead atoms. The molecule has 1 aliphatic rings. The minimum atomic E-state index is -1.48. The number of nitrogens with zero attached hydrogens (tertiary/aromatic N) is 6. The van der Waals surface area contributed by atoms with Gasteiger partial charge in [0.1, 0.15) is 17.3 Å². The zero-order chi connectivity index (χ0) is 25.4. The zero-order valence-corrected chi connectivity index (χ0v) is 20.8. The van der Waals surface area contributed by atoms with E-state index in [-0.39, 0.29) is 5.82 Å². The molecule has 11 heteroatoms. The molecule has 1 saturated heterocycles. The molecule has 2 N–H and O–H groups in total. The Labute approximate surface area is 211 Å². The molecule has 1 fully saturated rings. The number of aliphatic hydroxyl groups is 1. The number of hydrogen-bond acceptors (Lipinski definition) is 8. The highest BCUT2D eigenvalue weighted by Gasteiger charge is 2.27. The molecule has 1 aromatic carbocycles. The topological polar surface area (TPSA) is 97.4 Å². The van der Waals surface area contributed by atoms with Gasteiger partial charge in [-0.05, 0) is 42.8 Å². The van der Waals surface area contributed by atoms with E-state index in [0.29, 0.717) is 26.2 Å². The molecule has 36 heavy (non-hydrogen) atoms. The van der Waals surface area contributed by atoms with Gasteiger partial charge < -0.3 is 20.0 Å². The summed E-state index contributed by atoms with van der Waals surface area (Å²) in [7, 11) is 1.97. The number of anilines is 3. The second-order valence-electron chi connectivity index (χ2n) is 8.67. The highest BCUT2D eigenvalue weighted by Crippen LogP contribution is 2.34. The van der Waals surface area contributed by atoms with Gasteiger partial charge in [0, 0.05) is 50.4 Å². The van der Waals surface area contributed by atoms with E-state index < -0.39 is 12.2 Å². The number of benzene rings is 1. The summed E-state index contributed by atoms with van der Waals surface area (Å²) in [6.07, 6.45) is 1.32. The van der Waals surface area contributed by atoms with Crippen LogP contribution in [0.2, 0.25) is 0 Å². The molecule has 1 unspecified atom stereocenters. The van der Waals surface area contributed by atoms with Crippen LogP contribution in [0.3, 0.4) is 0 Å². The SMILES string of the molecule is CCc1nc2ccc(N3CCN(C(O)C(=O)O)CC3)cn2c1N(C)c1nc(-c2ccc(F)cc2)cs1. The van der Waals surface area contributed by atoms with Crippen molar-refractivity contribution in [1.29, 1.82) is 0 Å². The van der Waals surface area contributed by atoms with Crippen LogP contribution < -0.4 is 9.80 Å². The van der Waals surface area contributed by atoms with Crippen molar-refractivity contribution in [3.05, 3.63) is 59.5 Å². The molecule has 4 heterocycles. The fourth-order valence-corrected chi connectivity index (χ4v) is 5.29. The number of hydrogen-bond donors (Lipinski definition) is 2. The summed E-state index contributed by atoms with van der Waals surface area (Å²) in [5, 5.41) is 21.7. The standard InChI is InChI=1S/C25H27FN6O3S/c1-3-19-22(29(2)25-28-20(15-36-25)16-4-6-17(26)7-5-16)32-14-18(8-9-21(32)27-19)30-10-12-31(13-11-30)23(33)24(34)35/h4-9,14-15,23,33H,3,10-13H2,1-2H3,(H,34,35). The third kappa shape index (κ3) is 4.52. The average Bonchev–Trinajstić information content (AvgIpc) is 3.53. The number of thiazole rings is 1. The molecule has 0 radical (unpaired) electrons. The first kappa shape index (κ1) is 24.2. The van der Waals surface area contributed by atoms with Crippen LogP contribution in [0.15, 0.2) is 48.0 Å². The van der Waals surface area contributed by atoms with Gasteiger partial charge >= 0.3 is 5.97 Å². The first-order valence-electron chi connectivity index (χ1n) is 11.7. The van der Waals surface area contributed by atoms with E-state index in [1.807, 2.05) is 35.7 Å². The number of carboxylic acid groups (broad SMARTS) is 1. The van der Waals surface area contributed by atoms with Gasteiger partial charge in [-0.25, -0.2) is 19.2 Å². The van der Waals surface area contributed by atoms with E-state index in [9.17, 15) is 14.3 Å². The molecule has 1 aliphatic heterocycles. The molecule has 5 rings (SSSR count). The summed E-state index contributed by atoms with van der Waals surface area (Å²) in [5.74, 6) is -0.581. The Morgan fingerprint density at radius 2 is 1.86 bits per heavy atom. The van der Waals surface area contributed by atoms with Gasteiger partial charge in [0.25, 0.3) is 0 Å². The molecule has 1 atom stereocenters. The lowest BCUT2D eigenvalue weighted by Gasteiger charge is -2.37. The first-order valence-corrected chi connectivity index (χ1v) is 12.6. The number of carboxylic acids is 1. The first-order chi connectivity index (χ1) is 17.4. The lowest BCUT2D eigenvalue weighted by atomic mass is 10.2.